The Hall–Kier alpha value is -0.120. The lowest BCUT2D eigenvalue weighted by Crippen LogP contribution is -2.29. The Labute approximate surface area is 69.7 Å². The summed E-state index contributed by atoms with van der Waals surface area (Å²) < 4.78 is 0. The molecule has 0 aliphatic carbocycles. The first-order chi connectivity index (χ1) is 5.35. The summed E-state index contributed by atoms with van der Waals surface area (Å²) in [5.74, 6) is 0. The minimum atomic E-state index is 0.631. The van der Waals surface area contributed by atoms with E-state index in [0.29, 0.717) is 6.04 Å². The monoisotopic (exact) mass is 159 g/mol. The Morgan fingerprint density at radius 3 is 2.45 bits per heavy atom. The lowest BCUT2D eigenvalue weighted by atomic mass is 10.1. The molecule has 0 bridgehead atoms. The molecular formula is C8H21N3. The molecule has 0 aromatic rings. The van der Waals surface area contributed by atoms with Gasteiger partial charge in [-0.15, -0.1) is 0 Å². The van der Waals surface area contributed by atoms with E-state index in [2.05, 4.69) is 10.6 Å². The van der Waals surface area contributed by atoms with E-state index in [4.69, 9.17) is 5.73 Å². The molecule has 3 heteroatoms. The highest BCUT2D eigenvalue weighted by molar-refractivity contribution is 4.65. The molecule has 0 heterocycles. The van der Waals surface area contributed by atoms with Gasteiger partial charge in [0, 0.05) is 6.04 Å². The maximum absolute atomic E-state index is 5.42. The summed E-state index contributed by atoms with van der Waals surface area (Å²) in [5.41, 5.74) is 5.42. The molecule has 0 rings (SSSR count). The minimum absolute atomic E-state index is 0.631. The van der Waals surface area contributed by atoms with Crippen molar-refractivity contribution in [2.24, 2.45) is 5.73 Å². The van der Waals surface area contributed by atoms with Gasteiger partial charge >= 0.3 is 0 Å². The highest BCUT2D eigenvalue weighted by atomic mass is 14.9. The first-order valence-corrected chi connectivity index (χ1v) is 4.37. The molecule has 11 heavy (non-hydrogen) atoms. The molecule has 0 spiro atoms. The van der Waals surface area contributed by atoms with Crippen LogP contribution in [0.4, 0.5) is 0 Å². The highest BCUT2D eigenvalue weighted by Gasteiger charge is 2.02. The largest absolute Gasteiger partial charge is 0.330 e. The first-order valence-electron chi connectivity index (χ1n) is 4.37. The molecule has 0 aliphatic heterocycles. The van der Waals surface area contributed by atoms with Gasteiger partial charge in [0.05, 0.1) is 0 Å². The third kappa shape index (κ3) is 6.28. The van der Waals surface area contributed by atoms with E-state index in [1.165, 1.54) is 12.8 Å². The summed E-state index contributed by atoms with van der Waals surface area (Å²) in [6, 6.07) is 0.631. The van der Waals surface area contributed by atoms with Crippen molar-refractivity contribution < 1.29 is 0 Å². The summed E-state index contributed by atoms with van der Waals surface area (Å²) in [7, 11) is 3.99. The molecular weight excluding hydrogens is 138 g/mol. The third-order valence-electron chi connectivity index (χ3n) is 1.91. The summed E-state index contributed by atoms with van der Waals surface area (Å²) >= 11 is 0. The Bertz CT molecular complexity index is 67.7. The van der Waals surface area contributed by atoms with Gasteiger partial charge in [-0.05, 0) is 46.4 Å². The second-order valence-corrected chi connectivity index (χ2v) is 2.81. The summed E-state index contributed by atoms with van der Waals surface area (Å²) in [4.78, 5) is 0. The molecule has 0 fully saturated rings. The molecule has 3 nitrogen and oxygen atoms in total. The van der Waals surface area contributed by atoms with Gasteiger partial charge in [0.15, 0.2) is 0 Å². The van der Waals surface area contributed by atoms with Crippen LogP contribution in [0.1, 0.15) is 19.3 Å². The Balaban J connectivity index is 3.25. The average molecular weight is 159 g/mol. The number of nitrogens with two attached hydrogens (primary N) is 1. The van der Waals surface area contributed by atoms with Gasteiger partial charge in [0.2, 0.25) is 0 Å². The molecule has 0 aromatic carbocycles. The maximum Gasteiger partial charge on any atom is 0.00766 e. The molecule has 0 saturated carbocycles. The van der Waals surface area contributed by atoms with Gasteiger partial charge in [-0.2, -0.15) is 0 Å². The van der Waals surface area contributed by atoms with Crippen LogP contribution < -0.4 is 16.4 Å². The molecule has 1 atom stereocenters. The normalized spacial score (nSPS) is 13.4. The zero-order valence-electron chi connectivity index (χ0n) is 7.69. The Morgan fingerprint density at radius 2 is 2.00 bits per heavy atom. The van der Waals surface area contributed by atoms with Crippen molar-refractivity contribution in [2.75, 3.05) is 27.2 Å². The van der Waals surface area contributed by atoms with Crippen molar-refractivity contribution in [3.05, 3.63) is 0 Å². The minimum Gasteiger partial charge on any atom is -0.330 e. The quantitative estimate of drug-likeness (QED) is 0.487. The van der Waals surface area contributed by atoms with E-state index in [1.54, 1.807) is 0 Å². The first kappa shape index (κ1) is 10.9. The summed E-state index contributed by atoms with van der Waals surface area (Å²) in [6.07, 6.45) is 3.50. The van der Waals surface area contributed by atoms with Gasteiger partial charge in [-0.25, -0.2) is 0 Å². The van der Waals surface area contributed by atoms with Crippen molar-refractivity contribution in [1.82, 2.24) is 10.6 Å². The van der Waals surface area contributed by atoms with Crippen molar-refractivity contribution in [1.29, 1.82) is 0 Å². The molecule has 0 radical (unpaired) electrons. The van der Waals surface area contributed by atoms with Crippen molar-refractivity contribution >= 4 is 0 Å². The zero-order chi connectivity index (χ0) is 8.53. The van der Waals surface area contributed by atoms with E-state index >= 15 is 0 Å². The standard InChI is InChI=1S/C8H21N3/c1-10-7-5-8(11-2)4-3-6-9/h8,10-11H,3-7,9H2,1-2H3. The van der Waals surface area contributed by atoms with Crippen molar-refractivity contribution in [3.63, 3.8) is 0 Å². The SMILES string of the molecule is CNCCC(CCCN)NC. The van der Waals surface area contributed by atoms with Crippen molar-refractivity contribution in [2.45, 2.75) is 25.3 Å². The van der Waals surface area contributed by atoms with Crippen molar-refractivity contribution in [3.8, 4) is 0 Å². The predicted molar refractivity (Wildman–Crippen MR) is 49.7 cm³/mol. The van der Waals surface area contributed by atoms with Gasteiger partial charge in [-0.3, -0.25) is 0 Å². The Morgan fingerprint density at radius 1 is 1.27 bits per heavy atom. The van der Waals surface area contributed by atoms with Crippen LogP contribution in [0, 0.1) is 0 Å². The fourth-order valence-electron chi connectivity index (χ4n) is 1.12. The predicted octanol–water partition coefficient (Wildman–Crippen LogP) is -0.0772. The molecule has 4 N–H and O–H groups in total. The summed E-state index contributed by atoms with van der Waals surface area (Å²) in [5, 5.41) is 6.41. The van der Waals surface area contributed by atoms with Crippen LogP contribution >= 0.6 is 0 Å². The van der Waals surface area contributed by atoms with Gasteiger partial charge in [-0.1, -0.05) is 0 Å². The van der Waals surface area contributed by atoms with Gasteiger partial charge in [0.25, 0.3) is 0 Å². The van der Waals surface area contributed by atoms with Crippen LogP contribution in [0.5, 0.6) is 0 Å². The number of hydrogen-bond acceptors (Lipinski definition) is 3. The number of nitrogens with one attached hydrogen (secondary N) is 2. The molecule has 0 amide bonds. The second kappa shape index (κ2) is 7.98. The highest BCUT2D eigenvalue weighted by Crippen LogP contribution is 1.98. The van der Waals surface area contributed by atoms with E-state index in [9.17, 15) is 0 Å². The molecule has 0 aliphatic rings. The molecule has 68 valence electrons. The average Bonchev–Trinajstić information content (AvgIpc) is 2.05. The smallest absolute Gasteiger partial charge is 0.00766 e. The van der Waals surface area contributed by atoms with Crippen LogP contribution in [0.25, 0.3) is 0 Å². The van der Waals surface area contributed by atoms with E-state index < -0.39 is 0 Å². The van der Waals surface area contributed by atoms with E-state index in [-0.39, 0.29) is 0 Å². The van der Waals surface area contributed by atoms with E-state index in [1.807, 2.05) is 14.1 Å². The second-order valence-electron chi connectivity index (χ2n) is 2.81. The topological polar surface area (TPSA) is 50.1 Å². The molecule has 1 unspecified atom stereocenters. The van der Waals surface area contributed by atoms with Crippen LogP contribution in [0.15, 0.2) is 0 Å². The van der Waals surface area contributed by atoms with Gasteiger partial charge < -0.3 is 16.4 Å². The summed E-state index contributed by atoms with van der Waals surface area (Å²) in [6.45, 7) is 1.88. The zero-order valence-corrected chi connectivity index (χ0v) is 7.69. The lowest BCUT2D eigenvalue weighted by molar-refractivity contribution is 0.469. The number of rotatable bonds is 7. The van der Waals surface area contributed by atoms with Crippen LogP contribution in [0.2, 0.25) is 0 Å². The fraction of sp³-hybridized carbons (Fsp3) is 1.00. The van der Waals surface area contributed by atoms with Crippen LogP contribution in [-0.4, -0.2) is 33.2 Å². The number of hydrogen-bond donors (Lipinski definition) is 3. The molecule has 0 aromatic heterocycles. The Kier molecular flexibility index (Phi) is 7.89. The van der Waals surface area contributed by atoms with E-state index in [0.717, 1.165) is 19.5 Å². The third-order valence-corrected chi connectivity index (χ3v) is 1.91. The maximum atomic E-state index is 5.42. The van der Waals surface area contributed by atoms with Crippen LogP contribution in [-0.2, 0) is 0 Å². The molecule has 0 saturated heterocycles. The lowest BCUT2D eigenvalue weighted by Gasteiger charge is -2.14. The van der Waals surface area contributed by atoms with Crippen LogP contribution in [0.3, 0.4) is 0 Å². The fourth-order valence-corrected chi connectivity index (χ4v) is 1.12. The van der Waals surface area contributed by atoms with Gasteiger partial charge in [0.1, 0.15) is 0 Å².